The summed E-state index contributed by atoms with van der Waals surface area (Å²) in [5.41, 5.74) is 2.90. The van der Waals surface area contributed by atoms with Gasteiger partial charge in [0.1, 0.15) is 11.5 Å². The molecule has 1 amide bonds. The molecule has 0 fully saturated rings. The third kappa shape index (κ3) is 5.57. The van der Waals surface area contributed by atoms with E-state index in [4.69, 9.17) is 4.74 Å². The minimum absolute atomic E-state index is 0.0931. The van der Waals surface area contributed by atoms with Crippen LogP contribution in [0.25, 0.3) is 0 Å². The van der Waals surface area contributed by atoms with Crippen molar-refractivity contribution in [3.63, 3.8) is 0 Å². The van der Waals surface area contributed by atoms with Gasteiger partial charge in [0.05, 0.1) is 6.54 Å². The molecule has 0 aliphatic rings. The molecule has 0 saturated heterocycles. The molecule has 0 bridgehead atoms. The molecule has 2 N–H and O–H groups in total. The van der Waals surface area contributed by atoms with E-state index in [0.717, 1.165) is 22.9 Å². The van der Waals surface area contributed by atoms with E-state index in [1.165, 1.54) is 5.56 Å². The summed E-state index contributed by atoms with van der Waals surface area (Å²) in [7, 11) is 0. The summed E-state index contributed by atoms with van der Waals surface area (Å²) in [4.78, 5) is 16.1. The highest BCUT2D eigenvalue weighted by atomic mass is 16.5. The molecule has 0 unspecified atom stereocenters. The Morgan fingerprint density at radius 1 is 0.889 bits per heavy atom. The highest BCUT2D eigenvalue weighted by molar-refractivity contribution is 5.93. The number of carbonyl (C=O) groups is 1. The van der Waals surface area contributed by atoms with Gasteiger partial charge in [-0.1, -0.05) is 26.0 Å². The fourth-order valence-electron chi connectivity index (χ4n) is 2.52. The molecule has 0 saturated carbocycles. The summed E-state index contributed by atoms with van der Waals surface area (Å²) in [6, 6.07) is 19.0. The SMILES string of the molecule is CC(C)c1ccc(NC(=O)CNc2ccc(Oc3ccncc3)cc2)cc1. The smallest absolute Gasteiger partial charge is 0.243 e. The van der Waals surface area contributed by atoms with Crippen molar-refractivity contribution in [3.8, 4) is 11.5 Å². The van der Waals surface area contributed by atoms with Crippen LogP contribution in [0.15, 0.2) is 73.1 Å². The minimum Gasteiger partial charge on any atom is -0.457 e. The van der Waals surface area contributed by atoms with E-state index in [1.54, 1.807) is 24.5 Å². The van der Waals surface area contributed by atoms with Crippen molar-refractivity contribution in [1.82, 2.24) is 4.98 Å². The molecule has 1 heterocycles. The van der Waals surface area contributed by atoms with Crippen molar-refractivity contribution in [3.05, 3.63) is 78.6 Å². The van der Waals surface area contributed by atoms with Crippen LogP contribution in [0.4, 0.5) is 11.4 Å². The molecular weight excluding hydrogens is 338 g/mol. The van der Waals surface area contributed by atoms with Gasteiger partial charge in [-0.25, -0.2) is 0 Å². The second-order valence-electron chi connectivity index (χ2n) is 6.49. The molecular formula is C22H23N3O2. The molecule has 1 aromatic heterocycles. The average molecular weight is 361 g/mol. The molecule has 2 aromatic carbocycles. The van der Waals surface area contributed by atoms with Crippen LogP contribution in [0, 0.1) is 0 Å². The normalized spacial score (nSPS) is 10.5. The zero-order valence-corrected chi connectivity index (χ0v) is 15.5. The van der Waals surface area contributed by atoms with Crippen molar-refractivity contribution < 1.29 is 9.53 Å². The standard InChI is InChI=1S/C22H23N3O2/c1-16(2)17-3-5-19(6-4-17)25-22(26)15-24-18-7-9-20(10-8-18)27-21-11-13-23-14-12-21/h3-14,16,24H,15H2,1-2H3,(H,25,26). The summed E-state index contributed by atoms with van der Waals surface area (Å²) in [5.74, 6) is 1.83. The van der Waals surface area contributed by atoms with Crippen LogP contribution in [0.3, 0.4) is 0 Å². The molecule has 0 spiro atoms. The second kappa shape index (κ2) is 8.85. The summed E-state index contributed by atoms with van der Waals surface area (Å²) >= 11 is 0. The predicted octanol–water partition coefficient (Wildman–Crippen LogP) is 5.05. The first-order valence-corrected chi connectivity index (χ1v) is 8.92. The van der Waals surface area contributed by atoms with E-state index in [2.05, 4.69) is 29.5 Å². The van der Waals surface area contributed by atoms with Gasteiger partial charge in [-0.05, 0) is 60.0 Å². The molecule has 138 valence electrons. The third-order valence-corrected chi connectivity index (χ3v) is 4.05. The van der Waals surface area contributed by atoms with Crippen LogP contribution in [0.1, 0.15) is 25.3 Å². The van der Waals surface area contributed by atoms with Crippen molar-refractivity contribution in [2.24, 2.45) is 0 Å². The van der Waals surface area contributed by atoms with Crippen LogP contribution in [-0.2, 0) is 4.79 Å². The number of nitrogens with one attached hydrogen (secondary N) is 2. The molecule has 27 heavy (non-hydrogen) atoms. The highest BCUT2D eigenvalue weighted by Crippen LogP contribution is 2.22. The molecule has 0 aliphatic carbocycles. The number of aromatic nitrogens is 1. The number of pyridine rings is 1. The van der Waals surface area contributed by atoms with Gasteiger partial charge >= 0.3 is 0 Å². The number of hydrogen-bond donors (Lipinski definition) is 2. The Balaban J connectivity index is 1.48. The van der Waals surface area contributed by atoms with E-state index in [9.17, 15) is 4.79 Å². The zero-order chi connectivity index (χ0) is 19.1. The van der Waals surface area contributed by atoms with Crippen molar-refractivity contribution in [1.29, 1.82) is 0 Å². The maximum Gasteiger partial charge on any atom is 0.243 e. The first-order valence-electron chi connectivity index (χ1n) is 8.92. The Morgan fingerprint density at radius 2 is 1.48 bits per heavy atom. The average Bonchev–Trinajstić information content (AvgIpc) is 2.69. The lowest BCUT2D eigenvalue weighted by molar-refractivity contribution is -0.114. The number of hydrogen-bond acceptors (Lipinski definition) is 4. The van der Waals surface area contributed by atoms with Crippen LogP contribution in [-0.4, -0.2) is 17.4 Å². The Bertz CT molecular complexity index is 860. The maximum atomic E-state index is 12.1. The molecule has 5 nitrogen and oxygen atoms in total. The number of benzene rings is 2. The zero-order valence-electron chi connectivity index (χ0n) is 15.5. The first kappa shape index (κ1) is 18.5. The van der Waals surface area contributed by atoms with Gasteiger partial charge in [-0.3, -0.25) is 9.78 Å². The van der Waals surface area contributed by atoms with E-state index in [1.807, 2.05) is 48.5 Å². The van der Waals surface area contributed by atoms with Crippen LogP contribution >= 0.6 is 0 Å². The lowest BCUT2D eigenvalue weighted by Crippen LogP contribution is -2.21. The maximum absolute atomic E-state index is 12.1. The monoisotopic (exact) mass is 361 g/mol. The first-order chi connectivity index (χ1) is 13.1. The number of anilines is 2. The third-order valence-electron chi connectivity index (χ3n) is 4.05. The van der Waals surface area contributed by atoms with Gasteiger partial charge in [0.2, 0.25) is 5.91 Å². The Hall–Kier alpha value is -3.34. The summed E-state index contributed by atoms with van der Waals surface area (Å²) in [6.45, 7) is 4.48. The Labute approximate surface area is 159 Å². The van der Waals surface area contributed by atoms with Crippen LogP contribution < -0.4 is 15.4 Å². The van der Waals surface area contributed by atoms with E-state index in [-0.39, 0.29) is 12.5 Å². The topological polar surface area (TPSA) is 63.2 Å². The molecule has 3 rings (SSSR count). The van der Waals surface area contributed by atoms with Gasteiger partial charge in [0, 0.05) is 23.8 Å². The van der Waals surface area contributed by atoms with Crippen molar-refractivity contribution in [2.75, 3.05) is 17.2 Å². The van der Waals surface area contributed by atoms with Gasteiger partial charge in [-0.15, -0.1) is 0 Å². The fraction of sp³-hybridized carbons (Fsp3) is 0.182. The summed E-state index contributed by atoms with van der Waals surface area (Å²) in [6.07, 6.45) is 3.36. The predicted molar refractivity (Wildman–Crippen MR) is 108 cm³/mol. The molecule has 0 atom stereocenters. The van der Waals surface area contributed by atoms with E-state index < -0.39 is 0 Å². The van der Waals surface area contributed by atoms with Crippen molar-refractivity contribution >= 4 is 17.3 Å². The molecule has 0 radical (unpaired) electrons. The Kier molecular flexibility index (Phi) is 6.05. The van der Waals surface area contributed by atoms with Gasteiger partial charge < -0.3 is 15.4 Å². The molecule has 0 aliphatic heterocycles. The quantitative estimate of drug-likeness (QED) is 0.618. The number of carbonyl (C=O) groups excluding carboxylic acids is 1. The molecule has 5 heteroatoms. The number of nitrogens with zero attached hydrogens (tertiary/aromatic N) is 1. The van der Waals surface area contributed by atoms with Crippen molar-refractivity contribution in [2.45, 2.75) is 19.8 Å². The number of amides is 1. The van der Waals surface area contributed by atoms with Crippen LogP contribution in [0.5, 0.6) is 11.5 Å². The fourth-order valence-corrected chi connectivity index (χ4v) is 2.52. The number of ether oxygens (including phenoxy) is 1. The van der Waals surface area contributed by atoms with E-state index in [0.29, 0.717) is 5.92 Å². The van der Waals surface area contributed by atoms with Gasteiger partial charge in [-0.2, -0.15) is 0 Å². The van der Waals surface area contributed by atoms with E-state index >= 15 is 0 Å². The lowest BCUT2D eigenvalue weighted by Gasteiger charge is -2.10. The van der Waals surface area contributed by atoms with Gasteiger partial charge in [0.15, 0.2) is 0 Å². The highest BCUT2D eigenvalue weighted by Gasteiger charge is 2.04. The summed E-state index contributed by atoms with van der Waals surface area (Å²) in [5, 5.41) is 6.00. The van der Waals surface area contributed by atoms with Gasteiger partial charge in [0.25, 0.3) is 0 Å². The lowest BCUT2D eigenvalue weighted by atomic mass is 10.0. The number of rotatable bonds is 7. The molecule has 3 aromatic rings. The van der Waals surface area contributed by atoms with Crippen LogP contribution in [0.2, 0.25) is 0 Å². The second-order valence-corrected chi connectivity index (χ2v) is 6.49. The summed E-state index contributed by atoms with van der Waals surface area (Å²) < 4.78 is 5.72. The minimum atomic E-state index is -0.0931. The Morgan fingerprint density at radius 3 is 2.11 bits per heavy atom. The largest absolute Gasteiger partial charge is 0.457 e.